The molecule has 0 spiro atoms. The first-order valence-corrected chi connectivity index (χ1v) is 7.05. The molecule has 0 bridgehead atoms. The monoisotopic (exact) mass is 280 g/mol. The van der Waals surface area contributed by atoms with E-state index in [2.05, 4.69) is 39.1 Å². The fraction of sp³-hybridized carbons (Fsp3) is 0.917. The number of rotatable bonds is 8. The van der Waals surface area contributed by atoms with Gasteiger partial charge in [-0.05, 0) is 19.3 Å². The van der Waals surface area contributed by atoms with Crippen LogP contribution >= 0.6 is 25.3 Å². The van der Waals surface area contributed by atoms with Crippen LogP contribution in [0, 0.1) is 5.92 Å². The molecule has 0 aliphatic carbocycles. The van der Waals surface area contributed by atoms with Crippen LogP contribution in [0.25, 0.3) is 0 Å². The second kappa shape index (κ2) is 8.27. The zero-order chi connectivity index (χ0) is 13.5. The Kier molecular flexibility index (Phi) is 8.33. The van der Waals surface area contributed by atoms with E-state index in [1.165, 1.54) is 6.92 Å². The highest BCUT2D eigenvalue weighted by molar-refractivity contribution is 8.02. The lowest BCUT2D eigenvalue weighted by Gasteiger charge is -2.24. The quantitative estimate of drug-likeness (QED) is 0.364. The summed E-state index contributed by atoms with van der Waals surface area (Å²) in [5.41, 5.74) is 0. The minimum absolute atomic E-state index is 0.380. The molecule has 0 heterocycles. The standard InChI is InChI=1S/C12H24O3S2/c1-4-6-7-10(5-2)8-15-11(14)12(16,17)9(3)13/h9-10,13,16-17H,4-8H2,1-3H3. The van der Waals surface area contributed by atoms with Crippen molar-refractivity contribution in [1.82, 2.24) is 0 Å². The largest absolute Gasteiger partial charge is 0.464 e. The molecule has 0 aromatic carbocycles. The lowest BCUT2D eigenvalue weighted by molar-refractivity contribution is -0.147. The predicted octanol–water partition coefficient (Wildman–Crippen LogP) is 2.68. The lowest BCUT2D eigenvalue weighted by Crippen LogP contribution is -2.39. The first-order valence-electron chi connectivity index (χ1n) is 6.16. The van der Waals surface area contributed by atoms with Crippen molar-refractivity contribution in [1.29, 1.82) is 0 Å². The molecule has 102 valence electrons. The van der Waals surface area contributed by atoms with Gasteiger partial charge in [-0.3, -0.25) is 0 Å². The maximum Gasteiger partial charge on any atom is 0.334 e. The molecule has 1 N–H and O–H groups in total. The minimum Gasteiger partial charge on any atom is -0.464 e. The van der Waals surface area contributed by atoms with Crippen LogP contribution in [0.4, 0.5) is 0 Å². The maximum absolute atomic E-state index is 11.7. The van der Waals surface area contributed by atoms with Gasteiger partial charge in [0.15, 0.2) is 4.08 Å². The van der Waals surface area contributed by atoms with E-state index < -0.39 is 16.2 Å². The van der Waals surface area contributed by atoms with Gasteiger partial charge in [-0.15, -0.1) is 25.3 Å². The molecular weight excluding hydrogens is 256 g/mol. The van der Waals surface area contributed by atoms with Crippen LogP contribution in [0.2, 0.25) is 0 Å². The fourth-order valence-corrected chi connectivity index (χ4v) is 1.50. The van der Waals surface area contributed by atoms with Crippen molar-refractivity contribution in [2.45, 2.75) is 56.6 Å². The Morgan fingerprint density at radius 1 is 1.41 bits per heavy atom. The number of thiol groups is 2. The van der Waals surface area contributed by atoms with E-state index in [9.17, 15) is 9.90 Å². The van der Waals surface area contributed by atoms with Crippen LogP contribution in [0.3, 0.4) is 0 Å². The molecule has 0 saturated carbocycles. The zero-order valence-electron chi connectivity index (χ0n) is 10.8. The number of aliphatic hydroxyl groups excluding tert-OH is 1. The van der Waals surface area contributed by atoms with E-state index in [1.54, 1.807) is 0 Å². The van der Waals surface area contributed by atoms with Gasteiger partial charge in [0.25, 0.3) is 0 Å². The highest BCUT2D eigenvalue weighted by Crippen LogP contribution is 2.26. The third-order valence-corrected chi connectivity index (χ3v) is 3.99. The van der Waals surface area contributed by atoms with Crippen molar-refractivity contribution in [3.05, 3.63) is 0 Å². The summed E-state index contributed by atoms with van der Waals surface area (Å²) in [5, 5.41) is 9.36. The predicted molar refractivity (Wildman–Crippen MR) is 76.6 cm³/mol. The van der Waals surface area contributed by atoms with Crippen molar-refractivity contribution in [2.24, 2.45) is 5.92 Å². The number of carbonyl (C=O) groups excluding carboxylic acids is 1. The summed E-state index contributed by atoms with van der Waals surface area (Å²) >= 11 is 8.04. The summed E-state index contributed by atoms with van der Waals surface area (Å²) in [5.74, 6) is -0.195. The number of hydrogen-bond acceptors (Lipinski definition) is 5. The van der Waals surface area contributed by atoms with E-state index in [0.717, 1.165) is 25.7 Å². The van der Waals surface area contributed by atoms with Gasteiger partial charge in [-0.1, -0.05) is 33.1 Å². The van der Waals surface area contributed by atoms with E-state index >= 15 is 0 Å². The van der Waals surface area contributed by atoms with Crippen LogP contribution in [-0.4, -0.2) is 27.9 Å². The number of ether oxygens (including phenoxy) is 1. The molecule has 3 nitrogen and oxygen atoms in total. The molecule has 0 aliphatic rings. The first-order chi connectivity index (χ1) is 7.86. The van der Waals surface area contributed by atoms with Crippen molar-refractivity contribution in [3.8, 4) is 0 Å². The highest BCUT2D eigenvalue weighted by Gasteiger charge is 2.37. The fourth-order valence-electron chi connectivity index (χ4n) is 1.37. The highest BCUT2D eigenvalue weighted by atomic mass is 32.2. The SMILES string of the molecule is CCCCC(CC)COC(=O)C(S)(S)C(C)O. The molecule has 0 rings (SSSR count). The normalized spacial score (nSPS) is 15.4. The van der Waals surface area contributed by atoms with Gasteiger partial charge in [0.05, 0.1) is 12.7 Å². The Bertz CT molecular complexity index is 230. The summed E-state index contributed by atoms with van der Waals surface area (Å²) in [6.07, 6.45) is 3.35. The van der Waals surface area contributed by atoms with E-state index in [-0.39, 0.29) is 0 Å². The molecular formula is C12H24O3S2. The van der Waals surface area contributed by atoms with Gasteiger partial charge >= 0.3 is 5.97 Å². The van der Waals surface area contributed by atoms with Gasteiger partial charge in [-0.25, -0.2) is 4.79 Å². The van der Waals surface area contributed by atoms with Crippen molar-refractivity contribution in [2.75, 3.05) is 6.61 Å². The Balaban J connectivity index is 4.13. The molecule has 0 fully saturated rings. The maximum atomic E-state index is 11.7. The summed E-state index contributed by atoms with van der Waals surface area (Å²) in [6.45, 7) is 6.07. The van der Waals surface area contributed by atoms with Gasteiger partial charge in [-0.2, -0.15) is 0 Å². The summed E-state index contributed by atoms with van der Waals surface area (Å²) in [7, 11) is 0. The number of hydrogen-bond donors (Lipinski definition) is 3. The van der Waals surface area contributed by atoms with Crippen LogP contribution in [0.1, 0.15) is 46.5 Å². The molecule has 0 aromatic heterocycles. The molecule has 5 heteroatoms. The van der Waals surface area contributed by atoms with Crippen LogP contribution in [0.15, 0.2) is 0 Å². The molecule has 0 radical (unpaired) electrons. The van der Waals surface area contributed by atoms with Crippen molar-refractivity contribution in [3.63, 3.8) is 0 Å². The van der Waals surface area contributed by atoms with Gasteiger partial charge < -0.3 is 9.84 Å². The van der Waals surface area contributed by atoms with Crippen molar-refractivity contribution >= 4 is 31.2 Å². The second-order valence-electron chi connectivity index (χ2n) is 4.42. The zero-order valence-corrected chi connectivity index (χ0v) is 12.6. The molecule has 0 aliphatic heterocycles. The van der Waals surface area contributed by atoms with E-state index in [0.29, 0.717) is 12.5 Å². The van der Waals surface area contributed by atoms with Gasteiger partial charge in [0.2, 0.25) is 0 Å². The van der Waals surface area contributed by atoms with Gasteiger partial charge in [0.1, 0.15) is 0 Å². The first kappa shape index (κ1) is 17.1. The molecule has 0 saturated heterocycles. The molecule has 17 heavy (non-hydrogen) atoms. The average Bonchev–Trinajstić information content (AvgIpc) is 2.28. The second-order valence-corrected chi connectivity index (χ2v) is 6.18. The van der Waals surface area contributed by atoms with Crippen LogP contribution < -0.4 is 0 Å². The minimum atomic E-state index is -1.43. The summed E-state index contributed by atoms with van der Waals surface area (Å²) < 4.78 is 3.74. The Hall–Kier alpha value is 0.130. The third kappa shape index (κ3) is 6.02. The number of unbranched alkanes of at least 4 members (excludes halogenated alkanes) is 1. The van der Waals surface area contributed by atoms with Crippen LogP contribution in [-0.2, 0) is 9.53 Å². The average molecular weight is 280 g/mol. The molecule has 2 atom stereocenters. The Labute approximate surface area is 115 Å². The van der Waals surface area contributed by atoms with E-state index in [1.807, 2.05) is 0 Å². The van der Waals surface area contributed by atoms with Gasteiger partial charge in [0, 0.05) is 0 Å². The summed E-state index contributed by atoms with van der Waals surface area (Å²) in [4.78, 5) is 11.7. The number of esters is 1. The lowest BCUT2D eigenvalue weighted by atomic mass is 10.0. The van der Waals surface area contributed by atoms with E-state index in [4.69, 9.17) is 4.74 Å². The van der Waals surface area contributed by atoms with Crippen LogP contribution in [0.5, 0.6) is 0 Å². The Morgan fingerprint density at radius 2 is 2.00 bits per heavy atom. The number of carbonyl (C=O) groups is 1. The summed E-state index contributed by atoms with van der Waals surface area (Å²) in [6, 6.07) is 0. The number of aliphatic hydroxyl groups is 1. The van der Waals surface area contributed by atoms with Crippen molar-refractivity contribution < 1.29 is 14.6 Å². The third-order valence-electron chi connectivity index (χ3n) is 2.88. The topological polar surface area (TPSA) is 46.5 Å². The molecule has 0 aromatic rings. The smallest absolute Gasteiger partial charge is 0.334 e. The molecule has 0 amide bonds. The molecule has 2 unspecified atom stereocenters. The Morgan fingerprint density at radius 3 is 2.41 bits per heavy atom.